The van der Waals surface area contributed by atoms with Crippen LogP contribution >= 0.6 is 0 Å². The SMILES string of the molecule is O=C(NCc1ccccc1F)c1ccc2c(c1)NCCN2. The zero-order valence-electron chi connectivity index (χ0n) is 11.4. The summed E-state index contributed by atoms with van der Waals surface area (Å²) >= 11 is 0. The number of fused-ring (bicyclic) bond motifs is 1. The Bertz CT molecular complexity index is 672. The Labute approximate surface area is 122 Å². The molecular formula is C16H16FN3O. The summed E-state index contributed by atoms with van der Waals surface area (Å²) in [5, 5.41) is 9.22. The number of nitrogens with one attached hydrogen (secondary N) is 3. The van der Waals surface area contributed by atoms with Crippen LogP contribution in [-0.2, 0) is 6.54 Å². The van der Waals surface area contributed by atoms with Crippen molar-refractivity contribution in [2.45, 2.75) is 6.54 Å². The molecule has 4 nitrogen and oxygen atoms in total. The van der Waals surface area contributed by atoms with Gasteiger partial charge >= 0.3 is 0 Å². The first-order valence-electron chi connectivity index (χ1n) is 6.87. The van der Waals surface area contributed by atoms with E-state index in [4.69, 9.17) is 0 Å². The fourth-order valence-corrected chi connectivity index (χ4v) is 2.30. The molecule has 3 rings (SSSR count). The van der Waals surface area contributed by atoms with Gasteiger partial charge in [-0.05, 0) is 24.3 Å². The summed E-state index contributed by atoms with van der Waals surface area (Å²) in [5.41, 5.74) is 2.94. The van der Waals surface area contributed by atoms with Crippen LogP contribution in [0.25, 0.3) is 0 Å². The third kappa shape index (κ3) is 2.97. The van der Waals surface area contributed by atoms with Crippen molar-refractivity contribution in [2.24, 2.45) is 0 Å². The van der Waals surface area contributed by atoms with Crippen molar-refractivity contribution >= 4 is 17.3 Å². The number of halogens is 1. The molecule has 1 amide bonds. The number of rotatable bonds is 3. The van der Waals surface area contributed by atoms with E-state index in [1.54, 1.807) is 30.3 Å². The molecule has 0 saturated carbocycles. The molecule has 0 aromatic heterocycles. The first-order valence-corrected chi connectivity index (χ1v) is 6.87. The Kier molecular flexibility index (Phi) is 3.73. The molecule has 1 aliphatic heterocycles. The maximum absolute atomic E-state index is 13.5. The molecule has 0 aliphatic carbocycles. The van der Waals surface area contributed by atoms with Gasteiger partial charge in [0, 0.05) is 30.8 Å². The van der Waals surface area contributed by atoms with Crippen LogP contribution in [0.4, 0.5) is 15.8 Å². The van der Waals surface area contributed by atoms with E-state index in [2.05, 4.69) is 16.0 Å². The quantitative estimate of drug-likeness (QED) is 0.812. The van der Waals surface area contributed by atoms with E-state index in [0.29, 0.717) is 11.1 Å². The molecule has 0 saturated heterocycles. The van der Waals surface area contributed by atoms with Gasteiger partial charge < -0.3 is 16.0 Å². The number of carbonyl (C=O) groups is 1. The van der Waals surface area contributed by atoms with Crippen LogP contribution in [0.5, 0.6) is 0 Å². The first kappa shape index (κ1) is 13.4. The summed E-state index contributed by atoms with van der Waals surface area (Å²) < 4.78 is 13.5. The first-order chi connectivity index (χ1) is 10.2. The minimum Gasteiger partial charge on any atom is -0.382 e. The monoisotopic (exact) mass is 285 g/mol. The standard InChI is InChI=1S/C16H16FN3O/c17-13-4-2-1-3-12(13)10-20-16(21)11-5-6-14-15(9-11)19-8-7-18-14/h1-6,9,18-19H,7-8,10H2,(H,20,21). The highest BCUT2D eigenvalue weighted by molar-refractivity contribution is 5.96. The highest BCUT2D eigenvalue weighted by atomic mass is 19.1. The summed E-state index contributed by atoms with van der Waals surface area (Å²) in [4.78, 5) is 12.1. The van der Waals surface area contributed by atoms with Crippen LogP contribution in [-0.4, -0.2) is 19.0 Å². The van der Waals surface area contributed by atoms with Crippen molar-refractivity contribution < 1.29 is 9.18 Å². The molecule has 5 heteroatoms. The summed E-state index contributed by atoms with van der Waals surface area (Å²) in [5.74, 6) is -0.525. The van der Waals surface area contributed by atoms with Gasteiger partial charge in [0.25, 0.3) is 5.91 Å². The molecule has 0 atom stereocenters. The fraction of sp³-hybridized carbons (Fsp3) is 0.188. The van der Waals surface area contributed by atoms with Crippen LogP contribution in [0.15, 0.2) is 42.5 Å². The predicted molar refractivity (Wildman–Crippen MR) is 81.0 cm³/mol. The van der Waals surface area contributed by atoms with Gasteiger partial charge in [0.2, 0.25) is 0 Å². The Morgan fingerprint density at radius 3 is 2.67 bits per heavy atom. The molecule has 0 bridgehead atoms. The highest BCUT2D eigenvalue weighted by Crippen LogP contribution is 2.25. The summed E-state index contributed by atoms with van der Waals surface area (Å²) in [7, 11) is 0. The molecule has 21 heavy (non-hydrogen) atoms. The summed E-state index contributed by atoms with van der Waals surface area (Å²) in [6.07, 6.45) is 0. The largest absolute Gasteiger partial charge is 0.382 e. The van der Waals surface area contributed by atoms with Crippen molar-refractivity contribution in [1.29, 1.82) is 0 Å². The number of carbonyl (C=O) groups excluding carboxylic acids is 1. The van der Waals surface area contributed by atoms with Crippen LogP contribution in [0.1, 0.15) is 15.9 Å². The van der Waals surface area contributed by atoms with Crippen molar-refractivity contribution in [1.82, 2.24) is 5.32 Å². The maximum atomic E-state index is 13.5. The summed E-state index contributed by atoms with van der Waals surface area (Å²) in [6, 6.07) is 11.9. The van der Waals surface area contributed by atoms with Gasteiger partial charge in [-0.1, -0.05) is 18.2 Å². The van der Waals surface area contributed by atoms with E-state index in [9.17, 15) is 9.18 Å². The number of hydrogen-bond acceptors (Lipinski definition) is 3. The molecule has 0 unspecified atom stereocenters. The Morgan fingerprint density at radius 1 is 1.10 bits per heavy atom. The zero-order valence-corrected chi connectivity index (χ0v) is 11.4. The molecule has 0 radical (unpaired) electrons. The van der Waals surface area contributed by atoms with Crippen molar-refractivity contribution in [3.63, 3.8) is 0 Å². The Balaban J connectivity index is 1.69. The second-order valence-corrected chi connectivity index (χ2v) is 4.89. The van der Waals surface area contributed by atoms with E-state index in [1.165, 1.54) is 6.07 Å². The average molecular weight is 285 g/mol. The predicted octanol–water partition coefficient (Wildman–Crippen LogP) is 2.59. The van der Waals surface area contributed by atoms with E-state index in [-0.39, 0.29) is 18.3 Å². The molecule has 2 aromatic carbocycles. The third-order valence-corrected chi connectivity index (χ3v) is 3.43. The number of benzene rings is 2. The molecule has 1 aliphatic rings. The Morgan fingerprint density at radius 2 is 1.86 bits per heavy atom. The van der Waals surface area contributed by atoms with Gasteiger partial charge in [0.05, 0.1) is 11.4 Å². The second kappa shape index (κ2) is 5.83. The molecular weight excluding hydrogens is 269 g/mol. The maximum Gasteiger partial charge on any atom is 0.251 e. The second-order valence-electron chi connectivity index (χ2n) is 4.89. The number of amides is 1. The van der Waals surface area contributed by atoms with E-state index in [0.717, 1.165) is 24.5 Å². The van der Waals surface area contributed by atoms with Gasteiger partial charge in [-0.3, -0.25) is 4.79 Å². The van der Waals surface area contributed by atoms with Gasteiger partial charge in [0.1, 0.15) is 5.82 Å². The normalized spacial score (nSPS) is 12.8. The molecule has 0 spiro atoms. The zero-order chi connectivity index (χ0) is 14.7. The van der Waals surface area contributed by atoms with Crippen LogP contribution < -0.4 is 16.0 Å². The molecule has 108 valence electrons. The van der Waals surface area contributed by atoms with Gasteiger partial charge in [-0.15, -0.1) is 0 Å². The number of hydrogen-bond donors (Lipinski definition) is 3. The lowest BCUT2D eigenvalue weighted by molar-refractivity contribution is 0.0950. The molecule has 0 fully saturated rings. The average Bonchev–Trinajstić information content (AvgIpc) is 2.53. The summed E-state index contributed by atoms with van der Waals surface area (Å²) in [6.45, 7) is 1.87. The van der Waals surface area contributed by atoms with Crippen LogP contribution in [0, 0.1) is 5.82 Å². The van der Waals surface area contributed by atoms with Crippen molar-refractivity contribution in [2.75, 3.05) is 23.7 Å². The smallest absolute Gasteiger partial charge is 0.251 e. The molecule has 1 heterocycles. The van der Waals surface area contributed by atoms with E-state index < -0.39 is 0 Å². The lowest BCUT2D eigenvalue weighted by Gasteiger charge is -2.20. The lowest BCUT2D eigenvalue weighted by atomic mass is 10.1. The topological polar surface area (TPSA) is 53.2 Å². The highest BCUT2D eigenvalue weighted by Gasteiger charge is 2.12. The van der Waals surface area contributed by atoms with Gasteiger partial charge in [-0.2, -0.15) is 0 Å². The van der Waals surface area contributed by atoms with Gasteiger partial charge in [-0.25, -0.2) is 4.39 Å². The molecule has 2 aromatic rings. The van der Waals surface area contributed by atoms with Crippen LogP contribution in [0.2, 0.25) is 0 Å². The fourth-order valence-electron chi connectivity index (χ4n) is 2.30. The third-order valence-electron chi connectivity index (χ3n) is 3.43. The van der Waals surface area contributed by atoms with E-state index in [1.807, 2.05) is 6.07 Å². The van der Waals surface area contributed by atoms with Crippen molar-refractivity contribution in [3.8, 4) is 0 Å². The van der Waals surface area contributed by atoms with Crippen LogP contribution in [0.3, 0.4) is 0 Å². The molecule has 3 N–H and O–H groups in total. The minimum absolute atomic E-state index is 0.175. The number of anilines is 2. The van der Waals surface area contributed by atoms with Gasteiger partial charge in [0.15, 0.2) is 0 Å². The van der Waals surface area contributed by atoms with Crippen molar-refractivity contribution in [3.05, 3.63) is 59.4 Å². The Hall–Kier alpha value is -2.56. The minimum atomic E-state index is -0.311. The van der Waals surface area contributed by atoms with E-state index >= 15 is 0 Å². The lowest BCUT2D eigenvalue weighted by Crippen LogP contribution is -2.25.